The molecule has 2 aliphatic rings. The molecule has 258 valence electrons. The molecule has 4 aromatic carbocycles. The average Bonchev–Trinajstić information content (AvgIpc) is 3.16. The molecule has 0 aromatic heterocycles. The number of alkyl carbamates (subject to hydrolysis) is 1. The molecular weight excluding hydrogens is 618 g/mol. The van der Waals surface area contributed by atoms with Crippen molar-refractivity contribution in [3.8, 4) is 0 Å². The molecule has 0 unspecified atom stereocenters. The molecule has 1 aliphatic heterocycles. The van der Waals surface area contributed by atoms with E-state index in [2.05, 4.69) is 5.32 Å². The Morgan fingerprint density at radius 2 is 1.10 bits per heavy atom. The minimum Gasteiger partial charge on any atom is -0.445 e. The Morgan fingerprint density at radius 1 is 0.612 bits per heavy atom. The third kappa shape index (κ3) is 10.7. The van der Waals surface area contributed by atoms with Crippen molar-refractivity contribution in [3.05, 3.63) is 144 Å². The van der Waals surface area contributed by atoms with Crippen LogP contribution < -0.4 is 5.32 Å². The minimum absolute atomic E-state index is 0.00540. The molecule has 1 aliphatic carbocycles. The van der Waals surface area contributed by atoms with Crippen molar-refractivity contribution in [2.75, 3.05) is 6.61 Å². The molecule has 49 heavy (non-hydrogen) atoms. The number of nitrogens with one attached hydrogen (secondary N) is 1. The first-order chi connectivity index (χ1) is 24.2. The van der Waals surface area contributed by atoms with Crippen LogP contribution in [0.5, 0.6) is 0 Å². The zero-order valence-electron chi connectivity index (χ0n) is 27.9. The van der Waals surface area contributed by atoms with E-state index in [9.17, 15) is 4.79 Å². The van der Waals surface area contributed by atoms with Gasteiger partial charge in [-0.05, 0) is 35.1 Å². The number of carbonyl (C=O) groups is 1. The fourth-order valence-corrected chi connectivity index (χ4v) is 6.40. The molecule has 8 nitrogen and oxygen atoms in total. The summed E-state index contributed by atoms with van der Waals surface area (Å²) >= 11 is 0. The molecule has 0 radical (unpaired) electrons. The van der Waals surface area contributed by atoms with Crippen LogP contribution in [-0.2, 0) is 54.8 Å². The summed E-state index contributed by atoms with van der Waals surface area (Å²) in [4.78, 5) is 13.5. The van der Waals surface area contributed by atoms with Gasteiger partial charge in [-0.15, -0.1) is 0 Å². The van der Waals surface area contributed by atoms with E-state index in [0.717, 1.165) is 47.9 Å². The Hall–Kier alpha value is -4.05. The van der Waals surface area contributed by atoms with Crippen molar-refractivity contribution in [1.29, 1.82) is 0 Å². The zero-order valence-corrected chi connectivity index (χ0v) is 27.9. The maximum absolute atomic E-state index is 13.5. The van der Waals surface area contributed by atoms with Gasteiger partial charge in [0.05, 0.1) is 32.5 Å². The van der Waals surface area contributed by atoms with Crippen molar-refractivity contribution < 1.29 is 33.2 Å². The number of hydrogen-bond donors (Lipinski definition) is 1. The van der Waals surface area contributed by atoms with Crippen LogP contribution in [0.25, 0.3) is 0 Å². The zero-order chi connectivity index (χ0) is 33.5. The molecule has 2 fully saturated rings. The van der Waals surface area contributed by atoms with Crippen molar-refractivity contribution in [1.82, 2.24) is 5.32 Å². The normalized spacial score (nSPS) is 22.7. The van der Waals surface area contributed by atoms with Crippen LogP contribution in [0.1, 0.15) is 54.4 Å². The fourth-order valence-electron chi connectivity index (χ4n) is 6.40. The maximum Gasteiger partial charge on any atom is 0.407 e. The lowest BCUT2D eigenvalue weighted by Gasteiger charge is -2.47. The molecule has 0 bridgehead atoms. The van der Waals surface area contributed by atoms with Crippen molar-refractivity contribution >= 4 is 6.09 Å². The predicted octanol–water partition coefficient (Wildman–Crippen LogP) is 7.74. The van der Waals surface area contributed by atoms with E-state index in [-0.39, 0.29) is 19.3 Å². The first-order valence-corrected chi connectivity index (χ1v) is 17.4. The molecule has 0 spiro atoms. The lowest BCUT2D eigenvalue weighted by Crippen LogP contribution is -2.66. The molecule has 1 heterocycles. The van der Waals surface area contributed by atoms with Crippen molar-refractivity contribution in [2.24, 2.45) is 0 Å². The van der Waals surface area contributed by atoms with E-state index in [0.29, 0.717) is 19.8 Å². The molecule has 8 heteroatoms. The topological polar surface area (TPSA) is 84.5 Å². The van der Waals surface area contributed by atoms with E-state index in [1.54, 1.807) is 0 Å². The number of carbonyl (C=O) groups excluding carboxylic acids is 1. The van der Waals surface area contributed by atoms with E-state index in [1.807, 2.05) is 121 Å². The minimum atomic E-state index is -0.810. The highest BCUT2D eigenvalue weighted by atomic mass is 16.7. The monoisotopic (exact) mass is 665 g/mol. The number of amides is 1. The van der Waals surface area contributed by atoms with Crippen LogP contribution in [0.15, 0.2) is 121 Å². The molecule has 1 amide bonds. The summed E-state index contributed by atoms with van der Waals surface area (Å²) in [5, 5.41) is 3.09. The van der Waals surface area contributed by atoms with Gasteiger partial charge in [-0.3, -0.25) is 0 Å². The van der Waals surface area contributed by atoms with Gasteiger partial charge in [-0.2, -0.15) is 0 Å². The first kappa shape index (κ1) is 34.8. The summed E-state index contributed by atoms with van der Waals surface area (Å²) in [6.07, 6.45) is 2.06. The number of ether oxygens (including phenoxy) is 6. The van der Waals surface area contributed by atoms with Gasteiger partial charge < -0.3 is 33.7 Å². The Labute approximate surface area is 289 Å². The molecule has 1 N–H and O–H groups in total. The SMILES string of the molecule is O=C(N[C@H]1[C@@H](OC2CCCCC2)O[C@H](COCc2ccccc2)[C@@H](OCc2ccccc2)[C@@H]1OCc1ccccc1)OCc1ccccc1. The number of benzene rings is 4. The van der Waals surface area contributed by atoms with Gasteiger partial charge in [0, 0.05) is 0 Å². The summed E-state index contributed by atoms with van der Waals surface area (Å²) in [5.74, 6) is 0. The predicted molar refractivity (Wildman–Crippen MR) is 186 cm³/mol. The maximum atomic E-state index is 13.5. The van der Waals surface area contributed by atoms with E-state index >= 15 is 0 Å². The van der Waals surface area contributed by atoms with Gasteiger partial charge in [-0.25, -0.2) is 4.79 Å². The molecule has 5 atom stereocenters. The van der Waals surface area contributed by atoms with Crippen LogP contribution in [0, 0.1) is 0 Å². The van der Waals surface area contributed by atoms with E-state index in [4.69, 9.17) is 28.4 Å². The van der Waals surface area contributed by atoms with Crippen LogP contribution in [-0.4, -0.2) is 49.4 Å². The smallest absolute Gasteiger partial charge is 0.407 e. The Bertz CT molecular complexity index is 1500. The third-order valence-corrected chi connectivity index (χ3v) is 8.99. The van der Waals surface area contributed by atoms with Crippen LogP contribution in [0.2, 0.25) is 0 Å². The molecule has 4 aromatic rings. The third-order valence-electron chi connectivity index (χ3n) is 8.99. The Kier molecular flexibility index (Phi) is 13.2. The van der Waals surface area contributed by atoms with Crippen molar-refractivity contribution in [2.45, 2.75) is 95.3 Å². The van der Waals surface area contributed by atoms with Crippen molar-refractivity contribution in [3.63, 3.8) is 0 Å². The first-order valence-electron chi connectivity index (χ1n) is 17.4. The molecular formula is C41H47NO7. The van der Waals surface area contributed by atoms with Gasteiger partial charge in [0.15, 0.2) is 6.29 Å². The second-order valence-corrected chi connectivity index (χ2v) is 12.7. The lowest BCUT2D eigenvalue weighted by atomic mass is 9.94. The molecule has 1 saturated heterocycles. The summed E-state index contributed by atoms with van der Waals surface area (Å²) in [6, 6.07) is 38.9. The second-order valence-electron chi connectivity index (χ2n) is 12.7. The highest BCUT2D eigenvalue weighted by Gasteiger charge is 2.50. The standard InChI is InChI=1S/C41H47NO7/c43-41(47-29-34-22-12-4-13-23-34)42-37-39(46-28-33-20-10-3-11-21-33)38(45-27-32-18-8-2-9-19-32)36(30-44-26-31-16-6-1-7-17-31)49-40(37)48-35-24-14-5-15-25-35/h1-4,6-13,16-23,35-40H,5,14-15,24-30H2,(H,42,43)/t36-,37-,38-,39-,40+/m1/s1. The van der Waals surface area contributed by atoms with Crippen LogP contribution >= 0.6 is 0 Å². The number of rotatable bonds is 15. The summed E-state index contributed by atoms with van der Waals surface area (Å²) < 4.78 is 38.9. The summed E-state index contributed by atoms with van der Waals surface area (Å²) in [5.41, 5.74) is 3.97. The number of hydrogen-bond acceptors (Lipinski definition) is 7. The second kappa shape index (κ2) is 18.6. The van der Waals surface area contributed by atoms with E-state index < -0.39 is 36.7 Å². The van der Waals surface area contributed by atoms with Gasteiger partial charge in [0.1, 0.15) is 31.0 Å². The quantitative estimate of drug-likeness (QED) is 0.139. The van der Waals surface area contributed by atoms with Crippen LogP contribution in [0.4, 0.5) is 4.79 Å². The lowest BCUT2D eigenvalue weighted by molar-refractivity contribution is -0.301. The van der Waals surface area contributed by atoms with Gasteiger partial charge >= 0.3 is 6.09 Å². The average molecular weight is 666 g/mol. The fraction of sp³-hybridized carbons (Fsp3) is 0.390. The Morgan fingerprint density at radius 3 is 1.65 bits per heavy atom. The highest BCUT2D eigenvalue weighted by Crippen LogP contribution is 2.32. The van der Waals surface area contributed by atoms with Gasteiger partial charge in [-0.1, -0.05) is 141 Å². The largest absolute Gasteiger partial charge is 0.445 e. The van der Waals surface area contributed by atoms with E-state index in [1.165, 1.54) is 6.42 Å². The van der Waals surface area contributed by atoms with Crippen LogP contribution in [0.3, 0.4) is 0 Å². The highest BCUT2D eigenvalue weighted by molar-refractivity contribution is 5.67. The summed E-state index contributed by atoms with van der Waals surface area (Å²) in [7, 11) is 0. The molecule has 6 rings (SSSR count). The molecule has 1 saturated carbocycles. The summed E-state index contributed by atoms with van der Waals surface area (Å²) in [6.45, 7) is 1.43. The van der Waals surface area contributed by atoms with Gasteiger partial charge in [0.25, 0.3) is 0 Å². The van der Waals surface area contributed by atoms with Gasteiger partial charge in [0.2, 0.25) is 0 Å². The Balaban J connectivity index is 1.28.